The fourth-order valence-corrected chi connectivity index (χ4v) is 3.68. The van der Waals surface area contributed by atoms with E-state index in [4.69, 9.17) is 10.7 Å². The van der Waals surface area contributed by atoms with E-state index in [1.807, 2.05) is 47.3 Å². The Hall–Kier alpha value is -4.80. The SMILES string of the molecule is Cc1nc(N)nc(-c2c(Nc3ccn[nH]3)nc3ccc(-c4cnc5[nH]ccc5c4)cn23)n1. The van der Waals surface area contributed by atoms with Crippen LogP contribution < -0.4 is 11.1 Å². The summed E-state index contributed by atoms with van der Waals surface area (Å²) in [4.78, 5) is 25.3. The number of nitrogen functional groups attached to an aromatic ring is 1. The Kier molecular flexibility index (Phi) is 3.87. The molecular formula is C21H17N11. The van der Waals surface area contributed by atoms with Gasteiger partial charge in [-0.2, -0.15) is 15.1 Å². The number of nitrogens with two attached hydrogens (primary N) is 1. The van der Waals surface area contributed by atoms with Crippen LogP contribution in [-0.2, 0) is 0 Å². The molecule has 0 aliphatic heterocycles. The molecule has 6 heterocycles. The minimum Gasteiger partial charge on any atom is -0.368 e. The molecule has 6 rings (SSSR count). The number of rotatable bonds is 4. The quantitative estimate of drug-likeness (QED) is 0.338. The lowest BCUT2D eigenvalue weighted by Crippen LogP contribution is -2.05. The van der Waals surface area contributed by atoms with Crippen LogP contribution in [0.25, 0.3) is 39.3 Å². The van der Waals surface area contributed by atoms with Gasteiger partial charge in [-0.25, -0.2) is 15.0 Å². The number of nitrogens with one attached hydrogen (secondary N) is 3. The summed E-state index contributed by atoms with van der Waals surface area (Å²) in [6.45, 7) is 1.77. The van der Waals surface area contributed by atoms with Crippen molar-refractivity contribution in [3.63, 3.8) is 0 Å². The van der Waals surface area contributed by atoms with Gasteiger partial charge in [-0.05, 0) is 31.2 Å². The van der Waals surface area contributed by atoms with Crippen molar-refractivity contribution in [2.45, 2.75) is 6.92 Å². The maximum Gasteiger partial charge on any atom is 0.223 e. The van der Waals surface area contributed by atoms with Crippen molar-refractivity contribution < 1.29 is 0 Å². The molecule has 11 heteroatoms. The Morgan fingerprint density at radius 2 is 1.97 bits per heavy atom. The first-order chi connectivity index (χ1) is 15.6. The number of nitrogens with zero attached hydrogens (tertiary/aromatic N) is 7. The van der Waals surface area contributed by atoms with E-state index >= 15 is 0 Å². The first kappa shape index (κ1) is 18.0. The lowest BCUT2D eigenvalue weighted by Gasteiger charge is -2.08. The van der Waals surface area contributed by atoms with E-state index in [1.54, 1.807) is 13.1 Å². The van der Waals surface area contributed by atoms with Crippen LogP contribution >= 0.6 is 0 Å². The van der Waals surface area contributed by atoms with E-state index in [0.717, 1.165) is 27.8 Å². The normalized spacial score (nSPS) is 11.4. The van der Waals surface area contributed by atoms with Crippen molar-refractivity contribution in [3.8, 4) is 22.6 Å². The number of hydrogen-bond donors (Lipinski definition) is 4. The zero-order chi connectivity index (χ0) is 21.7. The highest BCUT2D eigenvalue weighted by molar-refractivity contribution is 5.82. The number of aromatic amines is 2. The molecule has 11 nitrogen and oxygen atoms in total. The summed E-state index contributed by atoms with van der Waals surface area (Å²) in [6, 6.07) is 9.84. The Morgan fingerprint density at radius 1 is 1.03 bits per heavy atom. The maximum atomic E-state index is 5.92. The summed E-state index contributed by atoms with van der Waals surface area (Å²) in [5.74, 6) is 2.34. The lowest BCUT2D eigenvalue weighted by atomic mass is 10.1. The molecule has 156 valence electrons. The van der Waals surface area contributed by atoms with Crippen LogP contribution in [0.2, 0.25) is 0 Å². The van der Waals surface area contributed by atoms with Crippen LogP contribution in [0.15, 0.2) is 55.1 Å². The molecule has 0 aliphatic rings. The molecule has 5 N–H and O–H groups in total. The number of imidazole rings is 1. The van der Waals surface area contributed by atoms with Crippen molar-refractivity contribution in [1.29, 1.82) is 0 Å². The second-order valence-corrected chi connectivity index (χ2v) is 7.25. The number of hydrogen-bond acceptors (Lipinski definition) is 8. The van der Waals surface area contributed by atoms with Crippen molar-refractivity contribution in [2.75, 3.05) is 11.1 Å². The van der Waals surface area contributed by atoms with Gasteiger partial charge < -0.3 is 16.0 Å². The van der Waals surface area contributed by atoms with Crippen LogP contribution in [0.5, 0.6) is 0 Å². The minimum atomic E-state index is 0.146. The molecule has 32 heavy (non-hydrogen) atoms. The zero-order valence-corrected chi connectivity index (χ0v) is 16.9. The molecular weight excluding hydrogens is 406 g/mol. The lowest BCUT2D eigenvalue weighted by molar-refractivity contribution is 0.983. The summed E-state index contributed by atoms with van der Waals surface area (Å²) in [7, 11) is 0. The third-order valence-electron chi connectivity index (χ3n) is 5.08. The second-order valence-electron chi connectivity index (χ2n) is 7.25. The number of fused-ring (bicyclic) bond motifs is 2. The van der Waals surface area contributed by atoms with Crippen LogP contribution in [0, 0.1) is 6.92 Å². The molecule has 0 saturated carbocycles. The fourth-order valence-electron chi connectivity index (χ4n) is 3.68. The zero-order valence-electron chi connectivity index (χ0n) is 16.9. The topological polar surface area (TPSA) is 151 Å². The van der Waals surface area contributed by atoms with Gasteiger partial charge in [-0.1, -0.05) is 0 Å². The first-order valence-corrected chi connectivity index (χ1v) is 9.84. The van der Waals surface area contributed by atoms with Crippen LogP contribution in [-0.4, -0.2) is 44.5 Å². The number of aromatic nitrogens is 9. The van der Waals surface area contributed by atoms with Crippen molar-refractivity contribution in [2.24, 2.45) is 0 Å². The molecule has 6 aromatic heterocycles. The van der Waals surface area contributed by atoms with Crippen LogP contribution in [0.3, 0.4) is 0 Å². The minimum absolute atomic E-state index is 0.146. The van der Waals surface area contributed by atoms with E-state index in [1.165, 1.54) is 0 Å². The summed E-state index contributed by atoms with van der Waals surface area (Å²) < 4.78 is 1.93. The fraction of sp³-hybridized carbons (Fsp3) is 0.0476. The van der Waals surface area contributed by atoms with Crippen LogP contribution in [0.4, 0.5) is 17.6 Å². The molecule has 0 spiro atoms. The van der Waals surface area contributed by atoms with Gasteiger partial charge in [-0.3, -0.25) is 9.50 Å². The van der Waals surface area contributed by atoms with Gasteiger partial charge in [0.2, 0.25) is 5.95 Å². The van der Waals surface area contributed by atoms with E-state index in [2.05, 4.69) is 46.5 Å². The highest BCUT2D eigenvalue weighted by Gasteiger charge is 2.19. The van der Waals surface area contributed by atoms with Gasteiger partial charge in [-0.15, -0.1) is 0 Å². The molecule has 0 aromatic carbocycles. The monoisotopic (exact) mass is 423 g/mol. The smallest absolute Gasteiger partial charge is 0.223 e. The number of aryl methyl sites for hydroxylation is 1. The summed E-state index contributed by atoms with van der Waals surface area (Å²) in [5.41, 5.74) is 10.1. The second kappa shape index (κ2) is 6.87. The number of pyridine rings is 2. The van der Waals surface area contributed by atoms with Gasteiger partial charge in [0, 0.05) is 41.2 Å². The Balaban J connectivity index is 1.57. The molecule has 6 aromatic rings. The standard InChI is InChI=1S/C21H17N11/c1-11-26-19(30-21(22)27-11)17-20(28-15-5-7-25-31-15)29-16-3-2-13(10-32(16)17)14-8-12-4-6-23-18(12)24-9-14/h2-10H,1H3,(H,23,24)(H2,25,28,31)(H2,22,26,27,30). The number of H-pyrrole nitrogens is 2. The van der Waals surface area contributed by atoms with Gasteiger partial charge in [0.25, 0.3) is 0 Å². The summed E-state index contributed by atoms with van der Waals surface area (Å²) in [6.07, 6.45) is 7.36. The van der Waals surface area contributed by atoms with Gasteiger partial charge in [0.05, 0.1) is 6.20 Å². The maximum absolute atomic E-state index is 5.92. The molecule has 0 atom stereocenters. The van der Waals surface area contributed by atoms with Crippen LogP contribution in [0.1, 0.15) is 5.82 Å². The predicted molar refractivity (Wildman–Crippen MR) is 120 cm³/mol. The Morgan fingerprint density at radius 3 is 2.81 bits per heavy atom. The van der Waals surface area contributed by atoms with E-state index in [0.29, 0.717) is 29.0 Å². The predicted octanol–water partition coefficient (Wildman–Crippen LogP) is 3.09. The average Bonchev–Trinajstić information content (AvgIpc) is 3.52. The Bertz CT molecular complexity index is 1560. The van der Waals surface area contributed by atoms with E-state index < -0.39 is 0 Å². The molecule has 0 unspecified atom stereocenters. The molecule has 0 radical (unpaired) electrons. The molecule has 0 aliphatic carbocycles. The highest BCUT2D eigenvalue weighted by atomic mass is 15.2. The van der Waals surface area contributed by atoms with Crippen molar-refractivity contribution in [3.05, 3.63) is 60.9 Å². The first-order valence-electron chi connectivity index (χ1n) is 9.84. The van der Waals surface area contributed by atoms with Gasteiger partial charge in [0.15, 0.2) is 11.6 Å². The van der Waals surface area contributed by atoms with Crippen molar-refractivity contribution >= 4 is 34.3 Å². The third-order valence-corrected chi connectivity index (χ3v) is 5.08. The third kappa shape index (κ3) is 2.99. The summed E-state index contributed by atoms with van der Waals surface area (Å²) >= 11 is 0. The Labute approximate surface area is 180 Å². The molecule has 0 saturated heterocycles. The highest BCUT2D eigenvalue weighted by Crippen LogP contribution is 2.31. The summed E-state index contributed by atoms with van der Waals surface area (Å²) in [5, 5.41) is 11.2. The van der Waals surface area contributed by atoms with Gasteiger partial charge >= 0.3 is 0 Å². The van der Waals surface area contributed by atoms with E-state index in [-0.39, 0.29) is 5.95 Å². The molecule has 0 bridgehead atoms. The van der Waals surface area contributed by atoms with E-state index in [9.17, 15) is 0 Å². The number of anilines is 3. The largest absolute Gasteiger partial charge is 0.368 e. The molecule has 0 amide bonds. The van der Waals surface area contributed by atoms with Crippen molar-refractivity contribution in [1.82, 2.24) is 44.5 Å². The van der Waals surface area contributed by atoms with Gasteiger partial charge in [0.1, 0.15) is 28.6 Å². The average molecular weight is 423 g/mol. The molecule has 0 fully saturated rings.